The number of carbonyl (C=O) groups excluding carboxylic acids is 1. The maximum absolute atomic E-state index is 12.8. The fourth-order valence-corrected chi connectivity index (χ4v) is 4.71. The van der Waals surface area contributed by atoms with Crippen molar-refractivity contribution in [3.63, 3.8) is 0 Å². The molecule has 2 aliphatic heterocycles. The van der Waals surface area contributed by atoms with Gasteiger partial charge in [0.25, 0.3) is 5.91 Å². The lowest BCUT2D eigenvalue weighted by atomic mass is 10.1. The largest absolute Gasteiger partial charge is 0.454 e. The predicted octanol–water partition coefficient (Wildman–Crippen LogP) is 4.18. The maximum atomic E-state index is 12.8. The van der Waals surface area contributed by atoms with Crippen LogP contribution in [0.1, 0.15) is 34.9 Å². The number of nitrogens with one attached hydrogen (secondary N) is 2. The highest BCUT2D eigenvalue weighted by Gasteiger charge is 2.24. The summed E-state index contributed by atoms with van der Waals surface area (Å²) >= 11 is 1.40. The molecular weight excluding hydrogens is 412 g/mol. The Labute approximate surface area is 185 Å². The normalized spacial score (nSPS) is 16.3. The second-order valence-corrected chi connectivity index (χ2v) is 8.47. The number of carbonyl (C=O) groups is 1. The Hall–Kier alpha value is -3.10. The van der Waals surface area contributed by atoms with Crippen LogP contribution in [0.3, 0.4) is 0 Å². The van der Waals surface area contributed by atoms with Gasteiger partial charge < -0.3 is 20.1 Å². The molecule has 8 heteroatoms. The maximum Gasteiger partial charge on any atom is 0.270 e. The van der Waals surface area contributed by atoms with E-state index >= 15 is 0 Å². The molecule has 3 aromatic rings. The van der Waals surface area contributed by atoms with Crippen molar-refractivity contribution in [1.29, 1.82) is 0 Å². The van der Waals surface area contributed by atoms with E-state index in [1.165, 1.54) is 29.7 Å². The summed E-state index contributed by atoms with van der Waals surface area (Å²) in [5, 5.41) is 8.74. The highest BCUT2D eigenvalue weighted by molar-refractivity contribution is 7.14. The molecule has 0 radical (unpaired) electrons. The molecule has 1 saturated heterocycles. The number of fused-ring (bicyclic) bond motifs is 1. The van der Waals surface area contributed by atoms with E-state index in [0.717, 1.165) is 24.5 Å². The van der Waals surface area contributed by atoms with Crippen molar-refractivity contribution in [2.45, 2.75) is 18.9 Å². The zero-order valence-corrected chi connectivity index (χ0v) is 17.9. The van der Waals surface area contributed by atoms with E-state index in [-0.39, 0.29) is 18.7 Å². The number of rotatable bonds is 7. The van der Waals surface area contributed by atoms with Crippen LogP contribution in [0, 0.1) is 0 Å². The highest BCUT2D eigenvalue weighted by Crippen LogP contribution is 2.35. The van der Waals surface area contributed by atoms with Crippen molar-refractivity contribution in [3.05, 3.63) is 65.2 Å². The quantitative estimate of drug-likeness (QED) is 0.579. The summed E-state index contributed by atoms with van der Waals surface area (Å²) in [6.07, 6.45) is 2.41. The Kier molecular flexibility index (Phi) is 5.73. The Morgan fingerprint density at radius 3 is 2.74 bits per heavy atom. The Morgan fingerprint density at radius 1 is 1.10 bits per heavy atom. The van der Waals surface area contributed by atoms with Crippen molar-refractivity contribution < 1.29 is 14.3 Å². The van der Waals surface area contributed by atoms with Gasteiger partial charge in [0.2, 0.25) is 6.79 Å². The van der Waals surface area contributed by atoms with Crippen LogP contribution in [0.4, 0.5) is 10.8 Å². The third-order valence-corrected chi connectivity index (χ3v) is 6.34. The number of likely N-dealkylation sites (tertiary alicyclic amines) is 1. The van der Waals surface area contributed by atoms with Crippen LogP contribution < -0.4 is 20.1 Å². The molecule has 2 aliphatic rings. The van der Waals surface area contributed by atoms with E-state index in [4.69, 9.17) is 9.47 Å². The Bertz CT molecular complexity index is 1050. The first kappa shape index (κ1) is 19.8. The summed E-state index contributed by atoms with van der Waals surface area (Å²) < 4.78 is 10.7. The van der Waals surface area contributed by atoms with Crippen LogP contribution >= 0.6 is 11.3 Å². The SMILES string of the molecule is O=C(NCC(c1ccccc1)N1CCCC1)c1csc(Nc2ccc3c(c2)OCO3)n1. The van der Waals surface area contributed by atoms with Crippen molar-refractivity contribution >= 4 is 28.1 Å². The molecule has 3 heterocycles. The van der Waals surface area contributed by atoms with Gasteiger partial charge in [0.15, 0.2) is 16.6 Å². The van der Waals surface area contributed by atoms with E-state index in [1.54, 1.807) is 5.38 Å². The monoisotopic (exact) mass is 436 g/mol. The smallest absolute Gasteiger partial charge is 0.270 e. The van der Waals surface area contributed by atoms with Crippen molar-refractivity contribution in [2.24, 2.45) is 0 Å². The van der Waals surface area contributed by atoms with Crippen LogP contribution in [0.5, 0.6) is 11.5 Å². The second-order valence-electron chi connectivity index (χ2n) is 7.61. The summed E-state index contributed by atoms with van der Waals surface area (Å²) in [6.45, 7) is 2.93. The van der Waals surface area contributed by atoms with Gasteiger partial charge in [-0.15, -0.1) is 11.3 Å². The van der Waals surface area contributed by atoms with Crippen molar-refractivity contribution in [2.75, 3.05) is 31.7 Å². The Morgan fingerprint density at radius 2 is 1.90 bits per heavy atom. The molecule has 1 aromatic heterocycles. The van der Waals surface area contributed by atoms with Gasteiger partial charge in [-0.05, 0) is 43.6 Å². The third kappa shape index (κ3) is 4.50. The van der Waals surface area contributed by atoms with Gasteiger partial charge in [-0.2, -0.15) is 0 Å². The van der Waals surface area contributed by atoms with Crippen LogP contribution in [-0.2, 0) is 0 Å². The summed E-state index contributed by atoms with van der Waals surface area (Å²) in [7, 11) is 0. The molecule has 1 fully saturated rings. The molecule has 2 N–H and O–H groups in total. The van der Waals surface area contributed by atoms with E-state index in [0.29, 0.717) is 23.1 Å². The summed E-state index contributed by atoms with van der Waals surface area (Å²) in [5.74, 6) is 1.28. The van der Waals surface area contributed by atoms with E-state index in [9.17, 15) is 4.79 Å². The molecule has 2 aromatic carbocycles. The molecule has 0 spiro atoms. The van der Waals surface area contributed by atoms with E-state index in [2.05, 4.69) is 44.8 Å². The third-order valence-electron chi connectivity index (χ3n) is 5.58. The zero-order chi connectivity index (χ0) is 21.0. The van der Waals surface area contributed by atoms with Gasteiger partial charge in [-0.3, -0.25) is 9.69 Å². The van der Waals surface area contributed by atoms with Gasteiger partial charge >= 0.3 is 0 Å². The van der Waals surface area contributed by atoms with Gasteiger partial charge in [0, 0.05) is 23.7 Å². The number of hydrogen-bond donors (Lipinski definition) is 2. The van der Waals surface area contributed by atoms with Gasteiger partial charge in [-0.1, -0.05) is 30.3 Å². The van der Waals surface area contributed by atoms with Crippen LogP contribution in [0.25, 0.3) is 0 Å². The molecule has 0 aliphatic carbocycles. The second kappa shape index (κ2) is 8.95. The summed E-state index contributed by atoms with van der Waals surface area (Å²) in [4.78, 5) is 19.7. The lowest BCUT2D eigenvalue weighted by Crippen LogP contribution is -2.36. The van der Waals surface area contributed by atoms with Crippen LogP contribution in [-0.4, -0.2) is 42.2 Å². The molecule has 31 heavy (non-hydrogen) atoms. The van der Waals surface area contributed by atoms with Crippen LogP contribution in [0.2, 0.25) is 0 Å². The van der Waals surface area contributed by atoms with Crippen molar-refractivity contribution in [1.82, 2.24) is 15.2 Å². The molecule has 1 atom stereocenters. The molecule has 5 rings (SSSR count). The number of aromatic nitrogens is 1. The minimum absolute atomic E-state index is 0.157. The van der Waals surface area contributed by atoms with Crippen molar-refractivity contribution in [3.8, 4) is 11.5 Å². The van der Waals surface area contributed by atoms with E-state index < -0.39 is 0 Å². The van der Waals surface area contributed by atoms with Gasteiger partial charge in [0.05, 0.1) is 6.04 Å². The predicted molar refractivity (Wildman–Crippen MR) is 120 cm³/mol. The fraction of sp³-hybridized carbons (Fsp3) is 0.304. The Balaban J connectivity index is 1.23. The number of thiazole rings is 1. The fourth-order valence-electron chi connectivity index (χ4n) is 4.00. The molecule has 160 valence electrons. The van der Waals surface area contributed by atoms with Crippen LogP contribution in [0.15, 0.2) is 53.9 Å². The first-order valence-electron chi connectivity index (χ1n) is 10.5. The number of nitrogens with zero attached hydrogens (tertiary/aromatic N) is 2. The number of amides is 1. The number of benzene rings is 2. The molecule has 0 saturated carbocycles. The number of ether oxygens (including phenoxy) is 2. The molecule has 7 nitrogen and oxygen atoms in total. The molecule has 1 amide bonds. The average molecular weight is 437 g/mol. The summed E-state index contributed by atoms with van der Waals surface area (Å²) in [6, 6.07) is 16.2. The lowest BCUT2D eigenvalue weighted by molar-refractivity contribution is 0.0933. The minimum atomic E-state index is -0.157. The first-order valence-corrected chi connectivity index (χ1v) is 11.3. The van der Waals surface area contributed by atoms with Gasteiger partial charge in [-0.25, -0.2) is 4.98 Å². The highest BCUT2D eigenvalue weighted by atomic mass is 32.1. The topological polar surface area (TPSA) is 75.7 Å². The van der Waals surface area contributed by atoms with E-state index in [1.807, 2.05) is 24.3 Å². The first-order chi connectivity index (χ1) is 15.3. The standard InChI is InChI=1S/C23H24N4O3S/c28-22(24-13-19(27-10-4-5-11-27)16-6-2-1-3-7-16)18-14-31-23(26-18)25-17-8-9-20-21(12-17)30-15-29-20/h1-3,6-9,12,14,19H,4-5,10-11,13,15H2,(H,24,28)(H,25,26). The lowest BCUT2D eigenvalue weighted by Gasteiger charge is -2.28. The zero-order valence-electron chi connectivity index (χ0n) is 17.0. The van der Waals surface area contributed by atoms with Gasteiger partial charge in [0.1, 0.15) is 5.69 Å². The molecule has 0 bridgehead atoms. The summed E-state index contributed by atoms with van der Waals surface area (Å²) in [5.41, 5.74) is 2.48. The average Bonchev–Trinajstić information content (AvgIpc) is 3.56. The minimum Gasteiger partial charge on any atom is -0.454 e. The number of hydrogen-bond acceptors (Lipinski definition) is 7. The molecular formula is C23H24N4O3S. The molecule has 1 unspecified atom stereocenters. The number of anilines is 2.